The van der Waals surface area contributed by atoms with Crippen LogP contribution in [0, 0.1) is 0 Å². The molecule has 0 aromatic heterocycles. The molecular weight excluding hydrogens is 510 g/mol. The van der Waals surface area contributed by atoms with Crippen molar-refractivity contribution in [3.05, 3.63) is 139 Å². The van der Waals surface area contributed by atoms with E-state index in [1.165, 1.54) is 0 Å². The van der Waals surface area contributed by atoms with Crippen LogP contribution in [-0.2, 0) is 32.1 Å². The third-order valence-electron chi connectivity index (χ3n) is 6.53. The number of carbonyl (C=O) groups excluding carboxylic acids is 2. The lowest BCUT2D eigenvalue weighted by atomic mass is 10.0. The molecule has 0 saturated carbocycles. The van der Waals surface area contributed by atoms with Gasteiger partial charge in [0.05, 0.1) is 6.61 Å². The maximum Gasteiger partial charge on any atom is 0.333 e. The summed E-state index contributed by atoms with van der Waals surface area (Å²) in [7, 11) is 0. The Kier molecular flexibility index (Phi) is 9.89. The van der Waals surface area contributed by atoms with Gasteiger partial charge in [-0.1, -0.05) is 79.9 Å². The molecule has 4 rings (SSSR count). The highest BCUT2D eigenvalue weighted by atomic mass is 16.5. The van der Waals surface area contributed by atoms with Crippen LogP contribution in [0.5, 0.6) is 0 Å². The molecular formula is C36H35NO4. The standard InChI is InChI=1S/C36H35NO4/c1-26(2)35(38)40-24-8-9-28-12-18-32(19-13-28)37(33-20-14-29(15-21-33)25-41-36(39)27(3)4)34-22-16-31(17-23-34)30-10-6-5-7-11-30/h5-7,10-23H,1,3,8-9,24-25H2,2,4H3. The summed E-state index contributed by atoms with van der Waals surface area (Å²) in [5.41, 5.74) is 8.16. The number of ether oxygens (including phenoxy) is 2. The van der Waals surface area contributed by atoms with Gasteiger partial charge in [-0.2, -0.15) is 0 Å². The zero-order chi connectivity index (χ0) is 29.2. The van der Waals surface area contributed by atoms with Crippen molar-refractivity contribution in [2.75, 3.05) is 11.5 Å². The van der Waals surface area contributed by atoms with Gasteiger partial charge >= 0.3 is 11.9 Å². The minimum Gasteiger partial charge on any atom is -0.462 e. The van der Waals surface area contributed by atoms with Gasteiger partial charge in [-0.05, 0) is 85.3 Å². The van der Waals surface area contributed by atoms with Crippen molar-refractivity contribution in [1.82, 2.24) is 0 Å². The van der Waals surface area contributed by atoms with Gasteiger partial charge in [-0.3, -0.25) is 0 Å². The highest BCUT2D eigenvalue weighted by Crippen LogP contribution is 2.36. The second-order valence-electron chi connectivity index (χ2n) is 9.96. The molecule has 0 bridgehead atoms. The first-order chi connectivity index (χ1) is 19.8. The van der Waals surface area contributed by atoms with E-state index in [2.05, 4.69) is 78.7 Å². The van der Waals surface area contributed by atoms with Crippen LogP contribution in [0.2, 0.25) is 0 Å². The molecule has 0 N–H and O–H groups in total. The fraction of sp³-hybridized carbons (Fsp3) is 0.167. The Balaban J connectivity index is 1.55. The van der Waals surface area contributed by atoms with Gasteiger partial charge in [0.1, 0.15) is 6.61 Å². The zero-order valence-corrected chi connectivity index (χ0v) is 23.6. The van der Waals surface area contributed by atoms with E-state index in [1.54, 1.807) is 13.8 Å². The van der Waals surface area contributed by atoms with E-state index in [4.69, 9.17) is 9.47 Å². The van der Waals surface area contributed by atoms with Gasteiger partial charge in [0, 0.05) is 28.2 Å². The monoisotopic (exact) mass is 545 g/mol. The van der Waals surface area contributed by atoms with E-state index in [-0.39, 0.29) is 12.6 Å². The average molecular weight is 546 g/mol. The van der Waals surface area contributed by atoms with Gasteiger partial charge in [0.15, 0.2) is 0 Å². The molecule has 41 heavy (non-hydrogen) atoms. The van der Waals surface area contributed by atoms with Crippen molar-refractivity contribution in [2.24, 2.45) is 0 Å². The number of anilines is 3. The SMILES string of the molecule is C=C(C)C(=O)OCCCc1ccc(N(c2ccc(COC(=O)C(=C)C)cc2)c2ccc(-c3ccccc3)cc2)cc1. The molecule has 4 aromatic carbocycles. The van der Waals surface area contributed by atoms with Gasteiger partial charge < -0.3 is 14.4 Å². The molecule has 0 unspecified atom stereocenters. The first kappa shape index (κ1) is 29.1. The second-order valence-corrected chi connectivity index (χ2v) is 9.96. The van der Waals surface area contributed by atoms with E-state index in [0.717, 1.165) is 52.2 Å². The van der Waals surface area contributed by atoms with Crippen molar-refractivity contribution in [3.8, 4) is 11.1 Å². The quantitative estimate of drug-likeness (QED) is 0.101. The molecule has 0 aliphatic carbocycles. The topological polar surface area (TPSA) is 55.8 Å². The number of hydrogen-bond donors (Lipinski definition) is 0. The molecule has 0 radical (unpaired) electrons. The molecule has 5 nitrogen and oxygen atoms in total. The molecule has 0 fully saturated rings. The Bertz CT molecular complexity index is 1490. The fourth-order valence-electron chi connectivity index (χ4n) is 4.27. The first-order valence-corrected chi connectivity index (χ1v) is 13.6. The maximum absolute atomic E-state index is 11.8. The van der Waals surface area contributed by atoms with E-state index in [1.807, 2.05) is 42.5 Å². The van der Waals surface area contributed by atoms with Crippen LogP contribution in [0.25, 0.3) is 11.1 Å². The van der Waals surface area contributed by atoms with Crippen molar-refractivity contribution >= 4 is 29.0 Å². The Hall–Kier alpha value is -4.90. The smallest absolute Gasteiger partial charge is 0.333 e. The number of carbonyl (C=O) groups is 2. The molecule has 4 aromatic rings. The van der Waals surface area contributed by atoms with Crippen LogP contribution < -0.4 is 4.90 Å². The predicted molar refractivity (Wildman–Crippen MR) is 165 cm³/mol. The van der Waals surface area contributed by atoms with E-state index >= 15 is 0 Å². The van der Waals surface area contributed by atoms with Crippen molar-refractivity contribution < 1.29 is 19.1 Å². The Morgan fingerprint density at radius 1 is 0.610 bits per heavy atom. The molecule has 208 valence electrons. The molecule has 0 saturated heterocycles. The maximum atomic E-state index is 11.8. The van der Waals surface area contributed by atoms with Crippen molar-refractivity contribution in [3.63, 3.8) is 0 Å². The summed E-state index contributed by atoms with van der Waals surface area (Å²) in [6.07, 6.45) is 1.54. The molecule has 0 spiro atoms. The van der Waals surface area contributed by atoms with Crippen LogP contribution >= 0.6 is 0 Å². The summed E-state index contributed by atoms with van der Waals surface area (Å²) >= 11 is 0. The minimum absolute atomic E-state index is 0.189. The normalized spacial score (nSPS) is 10.5. The van der Waals surface area contributed by atoms with Gasteiger partial charge in [-0.25, -0.2) is 9.59 Å². The summed E-state index contributed by atoms with van der Waals surface area (Å²) < 4.78 is 10.5. The molecule has 0 aliphatic heterocycles. The number of benzene rings is 4. The molecule has 0 atom stereocenters. The van der Waals surface area contributed by atoms with Crippen molar-refractivity contribution in [2.45, 2.75) is 33.3 Å². The first-order valence-electron chi connectivity index (χ1n) is 13.6. The van der Waals surface area contributed by atoms with Gasteiger partial charge in [0.2, 0.25) is 0 Å². The Morgan fingerprint density at radius 2 is 1.07 bits per heavy atom. The summed E-state index contributed by atoms with van der Waals surface area (Å²) in [5, 5.41) is 0. The van der Waals surface area contributed by atoms with E-state index < -0.39 is 5.97 Å². The lowest BCUT2D eigenvalue weighted by molar-refractivity contribution is -0.140. The van der Waals surface area contributed by atoms with Gasteiger partial charge in [0.25, 0.3) is 0 Å². The van der Waals surface area contributed by atoms with Crippen LogP contribution in [0.1, 0.15) is 31.4 Å². The van der Waals surface area contributed by atoms with E-state index in [9.17, 15) is 9.59 Å². The minimum atomic E-state index is -0.400. The Labute approximate surface area is 242 Å². The molecule has 0 aliphatic rings. The van der Waals surface area contributed by atoms with Gasteiger partial charge in [-0.15, -0.1) is 0 Å². The summed E-state index contributed by atoms with van der Waals surface area (Å²) in [6, 6.07) is 35.2. The number of hydrogen-bond acceptors (Lipinski definition) is 5. The zero-order valence-electron chi connectivity index (χ0n) is 23.6. The molecule has 0 amide bonds. The lowest BCUT2D eigenvalue weighted by Crippen LogP contribution is -2.10. The number of aryl methyl sites for hydroxylation is 1. The van der Waals surface area contributed by atoms with E-state index in [0.29, 0.717) is 17.8 Å². The molecule has 0 heterocycles. The number of esters is 2. The third kappa shape index (κ3) is 8.05. The summed E-state index contributed by atoms with van der Waals surface area (Å²) in [5.74, 6) is -0.752. The average Bonchev–Trinajstić information content (AvgIpc) is 3.00. The predicted octanol–water partition coefficient (Wildman–Crippen LogP) is 8.49. The largest absolute Gasteiger partial charge is 0.462 e. The van der Waals surface area contributed by atoms with Crippen molar-refractivity contribution in [1.29, 1.82) is 0 Å². The lowest BCUT2D eigenvalue weighted by Gasteiger charge is -2.26. The number of rotatable bonds is 12. The summed E-state index contributed by atoms with van der Waals surface area (Å²) in [4.78, 5) is 25.6. The number of nitrogens with zero attached hydrogens (tertiary/aromatic N) is 1. The highest BCUT2D eigenvalue weighted by molar-refractivity contribution is 5.87. The molecule has 5 heteroatoms. The highest BCUT2D eigenvalue weighted by Gasteiger charge is 2.14. The third-order valence-corrected chi connectivity index (χ3v) is 6.53. The van der Waals surface area contributed by atoms with Crippen LogP contribution in [-0.4, -0.2) is 18.5 Å². The second kappa shape index (κ2) is 13.9. The van der Waals surface area contributed by atoms with Crippen LogP contribution in [0.3, 0.4) is 0 Å². The van der Waals surface area contributed by atoms with Crippen LogP contribution in [0.15, 0.2) is 127 Å². The fourth-order valence-corrected chi connectivity index (χ4v) is 4.27. The Morgan fingerprint density at radius 3 is 1.61 bits per heavy atom. The summed E-state index contributed by atoms with van der Waals surface area (Å²) in [6.45, 7) is 11.1. The van der Waals surface area contributed by atoms with Crippen LogP contribution in [0.4, 0.5) is 17.1 Å².